The Hall–Kier alpha value is -2.17. The zero-order valence-electron chi connectivity index (χ0n) is 11.0. The van der Waals surface area contributed by atoms with E-state index in [-0.39, 0.29) is 11.6 Å². The molecule has 0 bridgehead atoms. The Labute approximate surface area is 110 Å². The fourth-order valence-electron chi connectivity index (χ4n) is 1.94. The smallest absolute Gasteiger partial charge is 0.336 e. The summed E-state index contributed by atoms with van der Waals surface area (Å²) in [5.41, 5.74) is 1.76. The van der Waals surface area contributed by atoms with Crippen molar-refractivity contribution in [3.05, 3.63) is 41.5 Å². The number of carbonyl (C=O) groups is 1. The van der Waals surface area contributed by atoms with Gasteiger partial charge >= 0.3 is 5.97 Å². The van der Waals surface area contributed by atoms with Gasteiger partial charge in [-0.3, -0.25) is 4.68 Å². The number of halogens is 1. The molecule has 0 aliphatic rings. The molecule has 1 N–H and O–H groups in total. The van der Waals surface area contributed by atoms with E-state index in [1.54, 1.807) is 17.8 Å². The van der Waals surface area contributed by atoms with Crippen LogP contribution in [0.25, 0.3) is 11.1 Å². The molecule has 1 aromatic carbocycles. The van der Waals surface area contributed by atoms with Gasteiger partial charge in [-0.1, -0.05) is 0 Å². The predicted molar refractivity (Wildman–Crippen MR) is 69.7 cm³/mol. The maximum atomic E-state index is 13.4. The van der Waals surface area contributed by atoms with E-state index in [1.807, 2.05) is 13.8 Å². The summed E-state index contributed by atoms with van der Waals surface area (Å²) in [5, 5.41) is 13.5. The summed E-state index contributed by atoms with van der Waals surface area (Å²) >= 11 is 0. The molecular weight excluding hydrogens is 247 g/mol. The minimum absolute atomic E-state index is 0.0767. The lowest BCUT2D eigenvalue weighted by Crippen LogP contribution is -2.01. The summed E-state index contributed by atoms with van der Waals surface area (Å²) in [6.45, 7) is 5.73. The van der Waals surface area contributed by atoms with Crippen molar-refractivity contribution >= 4 is 5.97 Å². The Morgan fingerprint density at radius 1 is 1.37 bits per heavy atom. The summed E-state index contributed by atoms with van der Waals surface area (Å²) in [6, 6.07) is 3.82. The molecule has 0 atom stereocenters. The second-order valence-electron chi connectivity index (χ2n) is 4.70. The quantitative estimate of drug-likeness (QED) is 0.923. The van der Waals surface area contributed by atoms with E-state index in [4.69, 9.17) is 0 Å². The first kappa shape index (κ1) is 13.3. The Morgan fingerprint density at radius 2 is 2.05 bits per heavy atom. The molecule has 1 aromatic heterocycles. The second-order valence-corrected chi connectivity index (χ2v) is 4.70. The Morgan fingerprint density at radius 3 is 2.58 bits per heavy atom. The number of nitrogens with zero attached hydrogens (tertiary/aromatic N) is 2. The third-order valence-electron chi connectivity index (χ3n) is 2.95. The molecule has 0 saturated carbocycles. The summed E-state index contributed by atoms with van der Waals surface area (Å²) in [5.74, 6) is -1.54. The molecule has 0 radical (unpaired) electrons. The molecule has 0 fully saturated rings. The summed E-state index contributed by atoms with van der Waals surface area (Å²) in [4.78, 5) is 11.2. The predicted octanol–water partition coefficient (Wildman–Crippen LogP) is 3.28. The molecule has 0 saturated heterocycles. The van der Waals surface area contributed by atoms with Gasteiger partial charge in [0.25, 0.3) is 0 Å². The molecule has 0 spiro atoms. The van der Waals surface area contributed by atoms with E-state index in [1.165, 1.54) is 12.1 Å². The zero-order chi connectivity index (χ0) is 14.2. The number of hydrogen-bond donors (Lipinski definition) is 1. The summed E-state index contributed by atoms with van der Waals surface area (Å²) in [6.07, 6.45) is 1.75. The Balaban J connectivity index is 2.64. The number of carboxylic acids is 1. The van der Waals surface area contributed by atoms with Crippen molar-refractivity contribution < 1.29 is 14.3 Å². The van der Waals surface area contributed by atoms with E-state index < -0.39 is 11.8 Å². The molecule has 0 aliphatic heterocycles. The van der Waals surface area contributed by atoms with Gasteiger partial charge in [0.1, 0.15) is 5.82 Å². The maximum absolute atomic E-state index is 13.4. The van der Waals surface area contributed by atoms with Gasteiger partial charge in [0.2, 0.25) is 0 Å². The first-order chi connectivity index (χ1) is 8.90. The number of aryl methyl sites for hydroxylation is 1. The first-order valence-corrected chi connectivity index (χ1v) is 5.99. The zero-order valence-corrected chi connectivity index (χ0v) is 11.0. The van der Waals surface area contributed by atoms with Crippen LogP contribution >= 0.6 is 0 Å². The van der Waals surface area contributed by atoms with Gasteiger partial charge in [0.05, 0.1) is 11.3 Å². The SMILES string of the molecule is Cc1nn(C(C)C)cc1-c1cc(F)ccc1C(=O)O. The monoisotopic (exact) mass is 262 g/mol. The van der Waals surface area contributed by atoms with E-state index in [0.717, 1.165) is 6.07 Å². The standard InChI is InChI=1S/C14H15FN2O2/c1-8(2)17-7-13(9(3)16-17)12-6-10(15)4-5-11(12)14(18)19/h4-8H,1-3H3,(H,18,19). The lowest BCUT2D eigenvalue weighted by Gasteiger charge is -2.05. The highest BCUT2D eigenvalue weighted by molar-refractivity contribution is 5.96. The lowest BCUT2D eigenvalue weighted by molar-refractivity contribution is 0.0697. The number of aromatic carboxylic acids is 1. The van der Waals surface area contributed by atoms with Crippen LogP contribution in [0.5, 0.6) is 0 Å². The van der Waals surface area contributed by atoms with Crippen molar-refractivity contribution in [2.24, 2.45) is 0 Å². The van der Waals surface area contributed by atoms with Crippen LogP contribution in [-0.2, 0) is 0 Å². The van der Waals surface area contributed by atoms with E-state index in [9.17, 15) is 14.3 Å². The number of carboxylic acid groups (broad SMARTS) is 1. The molecule has 0 aliphatic carbocycles. The van der Waals surface area contributed by atoms with E-state index >= 15 is 0 Å². The molecular formula is C14H15FN2O2. The molecule has 5 heteroatoms. The number of hydrogen-bond acceptors (Lipinski definition) is 2. The third-order valence-corrected chi connectivity index (χ3v) is 2.95. The van der Waals surface area contributed by atoms with Crippen molar-refractivity contribution in [2.45, 2.75) is 26.8 Å². The first-order valence-electron chi connectivity index (χ1n) is 5.99. The summed E-state index contributed by atoms with van der Waals surface area (Å²) in [7, 11) is 0. The number of aromatic nitrogens is 2. The van der Waals surface area contributed by atoms with Crippen molar-refractivity contribution in [2.75, 3.05) is 0 Å². The fraction of sp³-hybridized carbons (Fsp3) is 0.286. The molecule has 2 rings (SSSR count). The van der Waals surface area contributed by atoms with Crippen LogP contribution in [0.1, 0.15) is 35.9 Å². The molecule has 0 unspecified atom stereocenters. The van der Waals surface area contributed by atoms with Gasteiger partial charge in [-0.25, -0.2) is 9.18 Å². The highest BCUT2D eigenvalue weighted by atomic mass is 19.1. The van der Waals surface area contributed by atoms with Crippen LogP contribution in [0.15, 0.2) is 24.4 Å². The van der Waals surface area contributed by atoms with Crippen molar-refractivity contribution in [1.29, 1.82) is 0 Å². The van der Waals surface area contributed by atoms with Crippen LogP contribution in [0.3, 0.4) is 0 Å². The largest absolute Gasteiger partial charge is 0.478 e. The van der Waals surface area contributed by atoms with E-state index in [2.05, 4.69) is 5.10 Å². The number of rotatable bonds is 3. The van der Waals surface area contributed by atoms with Crippen LogP contribution < -0.4 is 0 Å². The molecule has 1 heterocycles. The number of benzene rings is 1. The second kappa shape index (κ2) is 4.84. The highest BCUT2D eigenvalue weighted by Crippen LogP contribution is 2.28. The minimum Gasteiger partial charge on any atom is -0.478 e. The third kappa shape index (κ3) is 2.50. The lowest BCUT2D eigenvalue weighted by atomic mass is 10.0. The molecule has 4 nitrogen and oxygen atoms in total. The van der Waals surface area contributed by atoms with Crippen molar-refractivity contribution in [3.8, 4) is 11.1 Å². The van der Waals surface area contributed by atoms with Gasteiger partial charge in [0, 0.05) is 23.4 Å². The van der Waals surface area contributed by atoms with Gasteiger partial charge < -0.3 is 5.11 Å². The summed E-state index contributed by atoms with van der Waals surface area (Å²) < 4.78 is 15.1. The molecule has 100 valence electrons. The fourth-order valence-corrected chi connectivity index (χ4v) is 1.94. The van der Waals surface area contributed by atoms with Gasteiger partial charge in [0.15, 0.2) is 0 Å². The van der Waals surface area contributed by atoms with Crippen LogP contribution in [0.2, 0.25) is 0 Å². The van der Waals surface area contributed by atoms with Gasteiger partial charge in [-0.15, -0.1) is 0 Å². The van der Waals surface area contributed by atoms with Crippen LogP contribution in [0.4, 0.5) is 4.39 Å². The van der Waals surface area contributed by atoms with Gasteiger partial charge in [-0.05, 0) is 39.0 Å². The van der Waals surface area contributed by atoms with Crippen LogP contribution in [0, 0.1) is 12.7 Å². The molecule has 19 heavy (non-hydrogen) atoms. The molecule has 2 aromatic rings. The van der Waals surface area contributed by atoms with Gasteiger partial charge in [-0.2, -0.15) is 5.10 Å². The van der Waals surface area contributed by atoms with E-state index in [0.29, 0.717) is 16.8 Å². The minimum atomic E-state index is -1.08. The van der Waals surface area contributed by atoms with Crippen molar-refractivity contribution in [1.82, 2.24) is 9.78 Å². The average molecular weight is 262 g/mol. The topological polar surface area (TPSA) is 55.1 Å². The van der Waals surface area contributed by atoms with Crippen molar-refractivity contribution in [3.63, 3.8) is 0 Å². The Kier molecular flexibility index (Phi) is 3.38. The Bertz CT molecular complexity index is 632. The normalized spacial score (nSPS) is 11.0. The molecule has 0 amide bonds. The van der Waals surface area contributed by atoms with Crippen LogP contribution in [-0.4, -0.2) is 20.9 Å². The maximum Gasteiger partial charge on any atom is 0.336 e. The highest BCUT2D eigenvalue weighted by Gasteiger charge is 2.17. The average Bonchev–Trinajstić information content (AvgIpc) is 2.71.